The molecule has 1 aromatic heterocycles. The van der Waals surface area contributed by atoms with Crippen LogP contribution in [0.2, 0.25) is 0 Å². The number of aryl methyl sites for hydroxylation is 2. The molecule has 0 spiro atoms. The van der Waals surface area contributed by atoms with Crippen molar-refractivity contribution in [2.75, 3.05) is 0 Å². The maximum atomic E-state index is 9.28. The molecule has 0 atom stereocenters. The van der Waals surface area contributed by atoms with Gasteiger partial charge in [-0.2, -0.15) is 0 Å². The van der Waals surface area contributed by atoms with Crippen LogP contribution < -0.4 is 5.46 Å². The molecule has 72 valence electrons. The fourth-order valence-corrected chi connectivity index (χ4v) is 2.94. The van der Waals surface area contributed by atoms with E-state index in [-0.39, 0.29) is 0 Å². The van der Waals surface area contributed by atoms with E-state index in [1.165, 1.54) is 0 Å². The molecule has 2 nitrogen and oxygen atoms in total. The van der Waals surface area contributed by atoms with Crippen molar-refractivity contribution in [1.82, 2.24) is 0 Å². The molecule has 0 fully saturated rings. The van der Waals surface area contributed by atoms with E-state index in [0.717, 1.165) is 20.5 Å². The molecule has 1 heterocycles. The standard InChI is InChI=1S/C10H11BO2S/c1-6-4-3-5-8-9(6)10(11(12)13)7(2)14-8/h3-5,12-13H,1-2H3. The second-order valence-electron chi connectivity index (χ2n) is 3.39. The normalized spacial score (nSPS) is 10.9. The van der Waals surface area contributed by atoms with E-state index in [1.54, 1.807) is 11.3 Å². The van der Waals surface area contributed by atoms with Gasteiger partial charge in [-0.15, -0.1) is 11.3 Å². The minimum absolute atomic E-state index is 0.656. The zero-order valence-corrected chi connectivity index (χ0v) is 8.93. The molecule has 0 unspecified atom stereocenters. The van der Waals surface area contributed by atoms with E-state index in [0.29, 0.717) is 5.46 Å². The minimum Gasteiger partial charge on any atom is -0.423 e. The molecule has 0 aliphatic carbocycles. The first-order valence-electron chi connectivity index (χ1n) is 4.46. The summed E-state index contributed by atoms with van der Waals surface area (Å²) in [4.78, 5) is 0.976. The monoisotopic (exact) mass is 206 g/mol. The van der Waals surface area contributed by atoms with Crippen molar-refractivity contribution in [3.05, 3.63) is 28.6 Å². The van der Waals surface area contributed by atoms with Gasteiger partial charge in [0, 0.05) is 15.0 Å². The van der Waals surface area contributed by atoms with Crippen LogP contribution in [0.4, 0.5) is 0 Å². The first-order valence-corrected chi connectivity index (χ1v) is 5.27. The molecule has 2 rings (SSSR count). The van der Waals surface area contributed by atoms with Gasteiger partial charge in [-0.25, -0.2) is 0 Å². The lowest BCUT2D eigenvalue weighted by molar-refractivity contribution is 0.426. The van der Waals surface area contributed by atoms with Crippen molar-refractivity contribution in [2.45, 2.75) is 13.8 Å². The van der Waals surface area contributed by atoms with E-state index < -0.39 is 7.12 Å². The Morgan fingerprint density at radius 2 is 1.93 bits per heavy atom. The van der Waals surface area contributed by atoms with Crippen LogP contribution in [0.1, 0.15) is 10.4 Å². The molecule has 0 saturated carbocycles. The number of hydrogen-bond donors (Lipinski definition) is 2. The fourth-order valence-electron chi connectivity index (χ4n) is 1.78. The summed E-state index contributed by atoms with van der Waals surface area (Å²) in [7, 11) is -1.37. The molecule has 2 aromatic rings. The van der Waals surface area contributed by atoms with E-state index in [4.69, 9.17) is 0 Å². The van der Waals surface area contributed by atoms with Crippen LogP contribution in [0.25, 0.3) is 10.1 Å². The first-order chi connectivity index (χ1) is 6.61. The highest BCUT2D eigenvalue weighted by Crippen LogP contribution is 2.25. The number of rotatable bonds is 1. The van der Waals surface area contributed by atoms with E-state index in [9.17, 15) is 10.0 Å². The average molecular weight is 206 g/mol. The smallest absolute Gasteiger partial charge is 0.423 e. The predicted octanol–water partition coefficient (Wildman–Crippen LogP) is 1.20. The van der Waals surface area contributed by atoms with Crippen molar-refractivity contribution in [3.8, 4) is 0 Å². The van der Waals surface area contributed by atoms with E-state index in [2.05, 4.69) is 0 Å². The van der Waals surface area contributed by atoms with Crippen molar-refractivity contribution in [3.63, 3.8) is 0 Å². The van der Waals surface area contributed by atoms with Gasteiger partial charge in [0.25, 0.3) is 0 Å². The lowest BCUT2D eigenvalue weighted by Gasteiger charge is -2.01. The van der Waals surface area contributed by atoms with E-state index >= 15 is 0 Å². The summed E-state index contributed by atoms with van der Waals surface area (Å²) in [6.45, 7) is 3.90. The second-order valence-corrected chi connectivity index (χ2v) is 4.65. The van der Waals surface area contributed by atoms with Crippen LogP contribution in [0, 0.1) is 13.8 Å². The number of fused-ring (bicyclic) bond motifs is 1. The van der Waals surface area contributed by atoms with Crippen molar-refractivity contribution in [2.24, 2.45) is 0 Å². The predicted molar refractivity (Wildman–Crippen MR) is 61.1 cm³/mol. The largest absolute Gasteiger partial charge is 0.490 e. The molecule has 2 N–H and O–H groups in total. The SMILES string of the molecule is Cc1sc2cccc(C)c2c1B(O)O. The van der Waals surface area contributed by atoms with Gasteiger partial charge in [-0.1, -0.05) is 12.1 Å². The van der Waals surface area contributed by atoms with Crippen molar-refractivity contribution >= 4 is 34.0 Å². The van der Waals surface area contributed by atoms with Crippen LogP contribution in [-0.2, 0) is 0 Å². The lowest BCUT2D eigenvalue weighted by atomic mass is 9.77. The fraction of sp³-hybridized carbons (Fsp3) is 0.200. The molecule has 0 amide bonds. The summed E-state index contributed by atoms with van der Waals surface area (Å²) < 4.78 is 1.12. The highest BCUT2D eigenvalue weighted by Gasteiger charge is 2.20. The Balaban J connectivity index is 2.86. The van der Waals surface area contributed by atoms with Gasteiger partial charge in [-0.05, 0) is 30.9 Å². The molecule has 1 aromatic carbocycles. The van der Waals surface area contributed by atoms with Gasteiger partial charge in [0.15, 0.2) is 0 Å². The first kappa shape index (κ1) is 9.71. The Morgan fingerprint density at radius 1 is 1.21 bits per heavy atom. The third-order valence-electron chi connectivity index (χ3n) is 2.40. The Bertz CT molecular complexity index is 476. The van der Waals surface area contributed by atoms with Gasteiger partial charge in [-0.3, -0.25) is 0 Å². The van der Waals surface area contributed by atoms with Crippen molar-refractivity contribution < 1.29 is 10.0 Å². The lowest BCUT2D eigenvalue weighted by Crippen LogP contribution is -2.31. The quantitative estimate of drug-likeness (QED) is 0.688. The maximum absolute atomic E-state index is 9.28. The van der Waals surface area contributed by atoms with Crippen LogP contribution in [-0.4, -0.2) is 17.2 Å². The zero-order valence-electron chi connectivity index (χ0n) is 8.11. The molecule has 0 bridgehead atoms. The second kappa shape index (κ2) is 3.39. The van der Waals surface area contributed by atoms with Crippen LogP contribution in [0.5, 0.6) is 0 Å². The molecule has 0 aliphatic rings. The molecule has 0 saturated heterocycles. The summed E-state index contributed by atoms with van der Waals surface area (Å²) in [5, 5.41) is 19.5. The molecule has 0 radical (unpaired) electrons. The molecular weight excluding hydrogens is 195 g/mol. The Hall–Kier alpha value is -0.835. The number of hydrogen-bond acceptors (Lipinski definition) is 3. The van der Waals surface area contributed by atoms with Gasteiger partial charge >= 0.3 is 7.12 Å². The molecule has 0 aliphatic heterocycles. The Labute approximate surface area is 87.0 Å². The summed E-state index contributed by atoms with van der Waals surface area (Å²) in [6, 6.07) is 5.98. The summed E-state index contributed by atoms with van der Waals surface area (Å²) in [6.07, 6.45) is 0. The Kier molecular flexibility index (Phi) is 2.35. The summed E-state index contributed by atoms with van der Waals surface area (Å²) in [5.41, 5.74) is 1.75. The third kappa shape index (κ3) is 1.36. The van der Waals surface area contributed by atoms with Gasteiger partial charge in [0.2, 0.25) is 0 Å². The average Bonchev–Trinajstić information content (AvgIpc) is 2.42. The number of benzene rings is 1. The maximum Gasteiger partial charge on any atom is 0.490 e. The van der Waals surface area contributed by atoms with Gasteiger partial charge in [0.05, 0.1) is 0 Å². The molecule has 14 heavy (non-hydrogen) atoms. The minimum atomic E-state index is -1.37. The summed E-state index contributed by atoms with van der Waals surface area (Å²) in [5.74, 6) is 0. The third-order valence-corrected chi connectivity index (χ3v) is 3.49. The van der Waals surface area contributed by atoms with Crippen LogP contribution in [0.3, 0.4) is 0 Å². The Morgan fingerprint density at radius 3 is 2.57 bits per heavy atom. The van der Waals surface area contributed by atoms with E-state index in [1.807, 2.05) is 32.0 Å². The number of thiophene rings is 1. The van der Waals surface area contributed by atoms with Gasteiger partial charge < -0.3 is 10.0 Å². The van der Waals surface area contributed by atoms with Crippen LogP contribution >= 0.6 is 11.3 Å². The van der Waals surface area contributed by atoms with Crippen molar-refractivity contribution in [1.29, 1.82) is 0 Å². The highest BCUT2D eigenvalue weighted by atomic mass is 32.1. The zero-order chi connectivity index (χ0) is 10.3. The van der Waals surface area contributed by atoms with Gasteiger partial charge in [0.1, 0.15) is 0 Å². The highest BCUT2D eigenvalue weighted by molar-refractivity contribution is 7.20. The topological polar surface area (TPSA) is 40.5 Å². The molecule has 4 heteroatoms. The summed E-state index contributed by atoms with van der Waals surface area (Å²) >= 11 is 1.60. The molecular formula is C10H11BO2S. The van der Waals surface area contributed by atoms with Crippen LogP contribution in [0.15, 0.2) is 18.2 Å².